The van der Waals surface area contributed by atoms with Crippen molar-refractivity contribution in [3.8, 4) is 0 Å². The van der Waals surface area contributed by atoms with E-state index in [1.165, 1.54) is 0 Å². The minimum absolute atomic E-state index is 0.0622. The van der Waals surface area contributed by atoms with Crippen molar-refractivity contribution < 1.29 is 0 Å². The number of nitrogens with two attached hydrogens (primary N) is 1. The summed E-state index contributed by atoms with van der Waals surface area (Å²) in [7, 11) is 0. The average Bonchev–Trinajstić information content (AvgIpc) is 1.83. The topological polar surface area (TPSA) is 38.0 Å². The number of hydrogen-bond donors (Lipinski definition) is 2. The zero-order chi connectivity index (χ0) is 9.12. The van der Waals surface area contributed by atoms with Gasteiger partial charge < -0.3 is 11.1 Å². The van der Waals surface area contributed by atoms with Crippen molar-refractivity contribution in [2.45, 2.75) is 52.1 Å². The molecule has 0 aliphatic carbocycles. The van der Waals surface area contributed by atoms with E-state index in [1.54, 1.807) is 0 Å². The molecule has 0 saturated heterocycles. The van der Waals surface area contributed by atoms with Gasteiger partial charge in [0.05, 0.1) is 0 Å². The molecule has 0 bridgehead atoms. The molecular weight excluding hydrogens is 136 g/mol. The van der Waals surface area contributed by atoms with E-state index in [1.807, 2.05) is 0 Å². The molecule has 0 amide bonds. The van der Waals surface area contributed by atoms with Crippen molar-refractivity contribution >= 4 is 0 Å². The second-order valence-corrected chi connectivity index (χ2v) is 4.61. The Morgan fingerprint density at radius 2 is 1.64 bits per heavy atom. The van der Waals surface area contributed by atoms with Gasteiger partial charge in [-0.05, 0) is 34.1 Å². The molecule has 11 heavy (non-hydrogen) atoms. The maximum absolute atomic E-state index is 5.96. The van der Waals surface area contributed by atoms with Crippen molar-refractivity contribution in [1.82, 2.24) is 5.32 Å². The summed E-state index contributed by atoms with van der Waals surface area (Å²) < 4.78 is 0. The fourth-order valence-corrected chi connectivity index (χ4v) is 0.592. The minimum atomic E-state index is -0.0622. The Morgan fingerprint density at radius 3 is 1.91 bits per heavy atom. The zero-order valence-corrected chi connectivity index (χ0v) is 8.49. The van der Waals surface area contributed by atoms with Crippen LogP contribution in [0.5, 0.6) is 0 Å². The summed E-state index contributed by atoms with van der Waals surface area (Å²) in [5, 5.41) is 3.39. The van der Waals surface area contributed by atoms with Gasteiger partial charge in [-0.3, -0.25) is 0 Å². The van der Waals surface area contributed by atoms with Crippen LogP contribution in [0, 0.1) is 0 Å². The van der Waals surface area contributed by atoms with Crippen LogP contribution >= 0.6 is 0 Å². The van der Waals surface area contributed by atoms with E-state index < -0.39 is 0 Å². The molecular formula is C9H22N2. The minimum Gasteiger partial charge on any atom is -0.324 e. The second-order valence-electron chi connectivity index (χ2n) is 4.61. The van der Waals surface area contributed by atoms with Crippen LogP contribution < -0.4 is 11.1 Å². The molecule has 0 rings (SSSR count). The highest BCUT2D eigenvalue weighted by Crippen LogP contribution is 2.06. The van der Waals surface area contributed by atoms with E-state index in [2.05, 4.69) is 39.9 Å². The molecule has 0 aliphatic heterocycles. The number of hydrogen-bond acceptors (Lipinski definition) is 2. The molecule has 0 heterocycles. The van der Waals surface area contributed by atoms with Gasteiger partial charge in [0.15, 0.2) is 0 Å². The SMILES string of the molecule is CCC(C)(N)CNC(C)(C)C. The van der Waals surface area contributed by atoms with Crippen LogP contribution in [0.4, 0.5) is 0 Å². The molecule has 0 saturated carbocycles. The van der Waals surface area contributed by atoms with Gasteiger partial charge in [-0.1, -0.05) is 6.92 Å². The summed E-state index contributed by atoms with van der Waals surface area (Å²) >= 11 is 0. The first-order chi connectivity index (χ1) is 4.77. The highest BCUT2D eigenvalue weighted by Gasteiger charge is 2.18. The van der Waals surface area contributed by atoms with E-state index in [9.17, 15) is 0 Å². The Kier molecular flexibility index (Phi) is 3.52. The Hall–Kier alpha value is -0.0800. The largest absolute Gasteiger partial charge is 0.324 e. The van der Waals surface area contributed by atoms with Crippen molar-refractivity contribution in [2.75, 3.05) is 6.54 Å². The third-order valence-electron chi connectivity index (χ3n) is 1.83. The summed E-state index contributed by atoms with van der Waals surface area (Å²) in [6, 6.07) is 0. The van der Waals surface area contributed by atoms with E-state index in [0.717, 1.165) is 13.0 Å². The smallest absolute Gasteiger partial charge is 0.0249 e. The summed E-state index contributed by atoms with van der Waals surface area (Å²) in [4.78, 5) is 0. The van der Waals surface area contributed by atoms with Gasteiger partial charge in [-0.2, -0.15) is 0 Å². The number of rotatable bonds is 3. The van der Waals surface area contributed by atoms with Crippen molar-refractivity contribution in [1.29, 1.82) is 0 Å². The normalized spacial score (nSPS) is 18.0. The summed E-state index contributed by atoms with van der Waals surface area (Å²) in [5.74, 6) is 0. The fourth-order valence-electron chi connectivity index (χ4n) is 0.592. The maximum atomic E-state index is 5.96. The van der Waals surface area contributed by atoms with Crippen molar-refractivity contribution in [3.05, 3.63) is 0 Å². The van der Waals surface area contributed by atoms with Gasteiger partial charge in [-0.25, -0.2) is 0 Å². The predicted molar refractivity (Wildman–Crippen MR) is 50.6 cm³/mol. The lowest BCUT2D eigenvalue weighted by Gasteiger charge is -2.29. The van der Waals surface area contributed by atoms with Gasteiger partial charge in [0.1, 0.15) is 0 Å². The van der Waals surface area contributed by atoms with E-state index in [-0.39, 0.29) is 11.1 Å². The summed E-state index contributed by atoms with van der Waals surface area (Å²) in [5.41, 5.74) is 6.07. The van der Waals surface area contributed by atoms with Crippen molar-refractivity contribution in [3.63, 3.8) is 0 Å². The molecule has 0 aliphatic rings. The molecule has 2 nitrogen and oxygen atoms in total. The quantitative estimate of drug-likeness (QED) is 0.653. The molecule has 1 atom stereocenters. The first-order valence-electron chi connectivity index (χ1n) is 4.31. The Labute approximate surface area is 70.5 Å². The third-order valence-corrected chi connectivity index (χ3v) is 1.83. The van der Waals surface area contributed by atoms with E-state index in [4.69, 9.17) is 5.73 Å². The number of nitrogens with one attached hydrogen (secondary N) is 1. The van der Waals surface area contributed by atoms with E-state index >= 15 is 0 Å². The van der Waals surface area contributed by atoms with Gasteiger partial charge in [0, 0.05) is 17.6 Å². The third kappa shape index (κ3) is 6.32. The lowest BCUT2D eigenvalue weighted by atomic mass is 9.98. The van der Waals surface area contributed by atoms with Crippen LogP contribution in [0.1, 0.15) is 41.0 Å². The van der Waals surface area contributed by atoms with Crippen LogP contribution in [0.15, 0.2) is 0 Å². The molecule has 0 aromatic heterocycles. The van der Waals surface area contributed by atoms with Crippen LogP contribution in [-0.2, 0) is 0 Å². The summed E-state index contributed by atoms with van der Waals surface area (Å²) in [6.07, 6.45) is 1.01. The van der Waals surface area contributed by atoms with Gasteiger partial charge in [0.2, 0.25) is 0 Å². The molecule has 0 fully saturated rings. The van der Waals surface area contributed by atoms with Gasteiger partial charge in [0.25, 0.3) is 0 Å². The van der Waals surface area contributed by atoms with Crippen LogP contribution in [0.3, 0.4) is 0 Å². The molecule has 68 valence electrons. The molecule has 0 aromatic carbocycles. The lowest BCUT2D eigenvalue weighted by Crippen LogP contribution is -2.50. The second kappa shape index (κ2) is 3.55. The molecule has 0 aromatic rings. The molecule has 3 N–H and O–H groups in total. The fraction of sp³-hybridized carbons (Fsp3) is 1.00. The van der Waals surface area contributed by atoms with Crippen LogP contribution in [-0.4, -0.2) is 17.6 Å². The standard InChI is InChI=1S/C9H22N2/c1-6-9(5,10)7-11-8(2,3)4/h11H,6-7,10H2,1-5H3. The predicted octanol–water partition coefficient (Wildman–Crippen LogP) is 1.50. The summed E-state index contributed by atoms with van der Waals surface area (Å²) in [6.45, 7) is 11.5. The first kappa shape index (κ1) is 10.9. The lowest BCUT2D eigenvalue weighted by molar-refractivity contribution is 0.341. The van der Waals surface area contributed by atoms with Gasteiger partial charge >= 0.3 is 0 Å². The Balaban J connectivity index is 3.70. The van der Waals surface area contributed by atoms with Crippen LogP contribution in [0.2, 0.25) is 0 Å². The maximum Gasteiger partial charge on any atom is 0.0249 e. The highest BCUT2D eigenvalue weighted by molar-refractivity contribution is 4.83. The van der Waals surface area contributed by atoms with E-state index in [0.29, 0.717) is 0 Å². The molecule has 0 radical (unpaired) electrons. The zero-order valence-electron chi connectivity index (χ0n) is 8.49. The first-order valence-corrected chi connectivity index (χ1v) is 4.31. The molecule has 1 unspecified atom stereocenters. The Morgan fingerprint density at radius 1 is 1.18 bits per heavy atom. The molecule has 0 spiro atoms. The highest BCUT2D eigenvalue weighted by atomic mass is 15.0. The average molecular weight is 158 g/mol. The van der Waals surface area contributed by atoms with Crippen molar-refractivity contribution in [2.24, 2.45) is 5.73 Å². The van der Waals surface area contributed by atoms with Gasteiger partial charge in [-0.15, -0.1) is 0 Å². The van der Waals surface area contributed by atoms with Crippen LogP contribution in [0.25, 0.3) is 0 Å². The monoisotopic (exact) mass is 158 g/mol. The molecule has 2 heteroatoms. The Bertz CT molecular complexity index is 111.